The van der Waals surface area contributed by atoms with E-state index < -0.39 is 11.7 Å². The zero-order valence-corrected chi connectivity index (χ0v) is 10.5. The van der Waals surface area contributed by atoms with Crippen LogP contribution in [0.4, 0.5) is 13.2 Å². The maximum absolute atomic E-state index is 12.6. The molecule has 0 aliphatic rings. The predicted molar refractivity (Wildman–Crippen MR) is 68.0 cm³/mol. The van der Waals surface area contributed by atoms with Crippen molar-refractivity contribution in [3.63, 3.8) is 0 Å². The molecule has 4 heteroatoms. The lowest BCUT2D eigenvalue weighted by Gasteiger charge is -2.13. The second-order valence-corrected chi connectivity index (χ2v) is 4.53. The van der Waals surface area contributed by atoms with Crippen molar-refractivity contribution in [2.45, 2.75) is 20.0 Å². The van der Waals surface area contributed by atoms with Crippen LogP contribution in [0.5, 0.6) is 5.75 Å². The average Bonchev–Trinajstić information content (AvgIpc) is 2.28. The van der Waals surface area contributed by atoms with Gasteiger partial charge in [-0.15, -0.1) is 0 Å². The van der Waals surface area contributed by atoms with Gasteiger partial charge in [0.2, 0.25) is 0 Å². The Bertz CT molecular complexity index is 615. The molecule has 0 radical (unpaired) electrons. The van der Waals surface area contributed by atoms with Crippen molar-refractivity contribution in [2.75, 3.05) is 0 Å². The largest absolute Gasteiger partial charge is 0.508 e. The first kappa shape index (κ1) is 13.5. The molecule has 0 fully saturated rings. The van der Waals surface area contributed by atoms with Crippen molar-refractivity contribution in [3.8, 4) is 16.9 Å². The molecule has 2 aromatic carbocycles. The van der Waals surface area contributed by atoms with Gasteiger partial charge in [-0.1, -0.05) is 12.1 Å². The third kappa shape index (κ3) is 2.72. The molecule has 0 aromatic heterocycles. The molecular weight excluding hydrogens is 253 g/mol. The van der Waals surface area contributed by atoms with E-state index in [0.29, 0.717) is 5.56 Å². The molecule has 0 bridgehead atoms. The van der Waals surface area contributed by atoms with E-state index in [1.165, 1.54) is 12.1 Å². The van der Waals surface area contributed by atoms with Crippen molar-refractivity contribution >= 4 is 0 Å². The number of aromatic hydroxyl groups is 1. The second kappa shape index (κ2) is 4.61. The van der Waals surface area contributed by atoms with Gasteiger partial charge in [-0.05, 0) is 60.4 Å². The third-order valence-corrected chi connectivity index (χ3v) is 3.05. The Morgan fingerprint density at radius 2 is 1.37 bits per heavy atom. The van der Waals surface area contributed by atoms with Gasteiger partial charge >= 0.3 is 6.18 Å². The summed E-state index contributed by atoms with van der Waals surface area (Å²) >= 11 is 0. The number of halogens is 3. The van der Waals surface area contributed by atoms with E-state index in [0.717, 1.165) is 28.8 Å². The minimum atomic E-state index is -4.33. The molecule has 0 spiro atoms. The molecule has 1 nitrogen and oxygen atoms in total. The van der Waals surface area contributed by atoms with Gasteiger partial charge in [0.1, 0.15) is 5.75 Å². The summed E-state index contributed by atoms with van der Waals surface area (Å²) in [7, 11) is 0. The van der Waals surface area contributed by atoms with Gasteiger partial charge in [0.25, 0.3) is 0 Å². The summed E-state index contributed by atoms with van der Waals surface area (Å²) in [5, 5.41) is 9.36. The first-order chi connectivity index (χ1) is 8.79. The Balaban J connectivity index is 2.52. The fourth-order valence-electron chi connectivity index (χ4n) is 2.09. The maximum atomic E-state index is 12.6. The first-order valence-electron chi connectivity index (χ1n) is 5.77. The average molecular weight is 266 g/mol. The molecule has 0 saturated carbocycles. The van der Waals surface area contributed by atoms with Gasteiger partial charge in [-0.2, -0.15) is 13.2 Å². The van der Waals surface area contributed by atoms with E-state index in [1.54, 1.807) is 19.1 Å². The summed E-state index contributed by atoms with van der Waals surface area (Å²) in [6, 6.07) is 8.51. The molecule has 100 valence electrons. The number of hydrogen-bond donors (Lipinski definition) is 1. The van der Waals surface area contributed by atoms with Crippen LogP contribution < -0.4 is 0 Å². The minimum Gasteiger partial charge on any atom is -0.508 e. The van der Waals surface area contributed by atoms with E-state index in [-0.39, 0.29) is 5.75 Å². The fraction of sp³-hybridized carbons (Fsp3) is 0.200. The van der Waals surface area contributed by atoms with E-state index >= 15 is 0 Å². The summed E-state index contributed by atoms with van der Waals surface area (Å²) in [6.07, 6.45) is -4.33. The Morgan fingerprint density at radius 3 is 1.84 bits per heavy atom. The van der Waals surface area contributed by atoms with Crippen molar-refractivity contribution in [3.05, 3.63) is 53.1 Å². The van der Waals surface area contributed by atoms with Crippen LogP contribution >= 0.6 is 0 Å². The van der Waals surface area contributed by atoms with Gasteiger partial charge in [-0.25, -0.2) is 0 Å². The molecule has 2 aromatic rings. The van der Waals surface area contributed by atoms with Crippen LogP contribution in [0.15, 0.2) is 36.4 Å². The van der Waals surface area contributed by atoms with Crippen LogP contribution in [0, 0.1) is 13.8 Å². The highest BCUT2D eigenvalue weighted by Crippen LogP contribution is 2.34. The number of alkyl halides is 3. The van der Waals surface area contributed by atoms with Crippen molar-refractivity contribution in [2.24, 2.45) is 0 Å². The molecule has 0 unspecified atom stereocenters. The lowest BCUT2D eigenvalue weighted by atomic mass is 9.95. The monoisotopic (exact) mass is 266 g/mol. The highest BCUT2D eigenvalue weighted by Gasteiger charge is 2.30. The van der Waals surface area contributed by atoms with E-state index in [2.05, 4.69) is 0 Å². The Hall–Kier alpha value is -1.97. The normalized spacial score (nSPS) is 11.6. The summed E-state index contributed by atoms with van der Waals surface area (Å²) < 4.78 is 37.8. The Morgan fingerprint density at radius 1 is 0.842 bits per heavy atom. The molecular formula is C15H13F3O. The number of phenolic OH excluding ortho intramolecular Hbond substituents is 1. The van der Waals surface area contributed by atoms with Crippen LogP contribution in [-0.2, 0) is 6.18 Å². The van der Waals surface area contributed by atoms with Crippen molar-refractivity contribution in [1.82, 2.24) is 0 Å². The molecule has 0 aliphatic carbocycles. The van der Waals surface area contributed by atoms with Crippen LogP contribution in [0.1, 0.15) is 16.7 Å². The maximum Gasteiger partial charge on any atom is 0.416 e. The number of rotatable bonds is 1. The minimum absolute atomic E-state index is 0.144. The molecule has 0 atom stereocenters. The van der Waals surface area contributed by atoms with Crippen LogP contribution in [0.2, 0.25) is 0 Å². The van der Waals surface area contributed by atoms with Crippen LogP contribution in [-0.4, -0.2) is 5.11 Å². The van der Waals surface area contributed by atoms with E-state index in [1.807, 2.05) is 6.92 Å². The summed E-state index contributed by atoms with van der Waals surface area (Å²) in [5.74, 6) is 0.144. The zero-order valence-electron chi connectivity index (χ0n) is 10.5. The van der Waals surface area contributed by atoms with Crippen molar-refractivity contribution in [1.29, 1.82) is 0 Å². The van der Waals surface area contributed by atoms with Crippen molar-refractivity contribution < 1.29 is 18.3 Å². The summed E-state index contributed by atoms with van der Waals surface area (Å²) in [6.45, 7) is 3.46. The number of hydrogen-bond acceptors (Lipinski definition) is 1. The standard InChI is InChI=1S/C15H13F3O/c1-9-7-11(15(16,17)18)3-5-13(9)14-6-4-12(19)8-10(14)2/h3-8,19H,1-2H3. The smallest absolute Gasteiger partial charge is 0.416 e. The van der Waals surface area contributed by atoms with Gasteiger partial charge in [0.05, 0.1) is 5.56 Å². The second-order valence-electron chi connectivity index (χ2n) is 4.53. The molecule has 0 aliphatic heterocycles. The molecule has 0 amide bonds. The van der Waals surface area contributed by atoms with Crippen LogP contribution in [0.25, 0.3) is 11.1 Å². The van der Waals surface area contributed by atoms with Gasteiger partial charge < -0.3 is 5.11 Å². The lowest BCUT2D eigenvalue weighted by molar-refractivity contribution is -0.137. The van der Waals surface area contributed by atoms with E-state index in [9.17, 15) is 18.3 Å². The van der Waals surface area contributed by atoms with Gasteiger partial charge in [-0.3, -0.25) is 0 Å². The highest BCUT2D eigenvalue weighted by molar-refractivity contribution is 5.71. The van der Waals surface area contributed by atoms with Gasteiger partial charge in [0.15, 0.2) is 0 Å². The highest BCUT2D eigenvalue weighted by atomic mass is 19.4. The Labute approximate surface area is 109 Å². The molecule has 19 heavy (non-hydrogen) atoms. The summed E-state index contributed by atoms with van der Waals surface area (Å²) in [5.41, 5.74) is 2.30. The predicted octanol–water partition coefficient (Wildman–Crippen LogP) is 4.69. The number of benzene rings is 2. The number of phenols is 1. The lowest BCUT2D eigenvalue weighted by Crippen LogP contribution is -2.05. The zero-order chi connectivity index (χ0) is 14.2. The summed E-state index contributed by atoms with van der Waals surface area (Å²) in [4.78, 5) is 0. The van der Waals surface area contributed by atoms with E-state index in [4.69, 9.17) is 0 Å². The SMILES string of the molecule is Cc1cc(O)ccc1-c1ccc(C(F)(F)F)cc1C. The number of aryl methyl sites for hydroxylation is 2. The molecule has 0 saturated heterocycles. The van der Waals surface area contributed by atoms with Gasteiger partial charge in [0, 0.05) is 0 Å². The van der Waals surface area contributed by atoms with Crippen LogP contribution in [0.3, 0.4) is 0 Å². The molecule has 2 rings (SSSR count). The molecule has 0 heterocycles. The third-order valence-electron chi connectivity index (χ3n) is 3.05. The Kier molecular flexibility index (Phi) is 3.27. The molecule has 1 N–H and O–H groups in total. The quantitative estimate of drug-likeness (QED) is 0.793. The first-order valence-corrected chi connectivity index (χ1v) is 5.77. The topological polar surface area (TPSA) is 20.2 Å². The fourth-order valence-corrected chi connectivity index (χ4v) is 2.09.